The third-order valence-electron chi connectivity index (χ3n) is 11.5. The van der Waals surface area contributed by atoms with Crippen LogP contribution in [0, 0.1) is 0 Å². The van der Waals surface area contributed by atoms with Gasteiger partial charge in [-0.1, -0.05) is 146 Å². The fourth-order valence-electron chi connectivity index (χ4n) is 8.83. The Hall–Kier alpha value is -7.40. The average molecular weight is 760 g/mol. The van der Waals surface area contributed by atoms with Crippen LogP contribution in [-0.4, -0.2) is 0 Å². The second-order valence-corrected chi connectivity index (χ2v) is 15.8. The van der Waals surface area contributed by atoms with Gasteiger partial charge >= 0.3 is 0 Å². The Morgan fingerprint density at radius 1 is 0.362 bits per heavy atom. The van der Waals surface area contributed by atoms with E-state index in [0.29, 0.717) is 0 Å². The molecule has 12 rings (SSSR count). The lowest BCUT2D eigenvalue weighted by Crippen LogP contribution is -2.12. The van der Waals surface area contributed by atoms with Gasteiger partial charge in [0.1, 0.15) is 22.3 Å². The summed E-state index contributed by atoms with van der Waals surface area (Å²) >= 11 is 1.86. The van der Waals surface area contributed by atoms with Crippen LogP contribution < -0.4 is 4.90 Å². The van der Waals surface area contributed by atoms with Crippen molar-refractivity contribution in [1.82, 2.24) is 0 Å². The van der Waals surface area contributed by atoms with Crippen molar-refractivity contribution in [1.29, 1.82) is 0 Å². The quantitative estimate of drug-likeness (QED) is 0.169. The third kappa shape index (κ3) is 5.12. The zero-order valence-electron chi connectivity index (χ0n) is 31.2. The molecule has 0 unspecified atom stereocenters. The lowest BCUT2D eigenvalue weighted by molar-refractivity contribution is 0.669. The first kappa shape index (κ1) is 32.8. The van der Waals surface area contributed by atoms with Gasteiger partial charge in [-0.3, -0.25) is 0 Å². The summed E-state index contributed by atoms with van der Waals surface area (Å²) < 4.78 is 15.7. The maximum atomic E-state index is 6.65. The summed E-state index contributed by atoms with van der Waals surface area (Å²) in [6.07, 6.45) is 0. The highest BCUT2D eigenvalue weighted by molar-refractivity contribution is 7.26. The number of thiophene rings is 1. The molecule has 12 aromatic rings. The van der Waals surface area contributed by atoms with Gasteiger partial charge in [0, 0.05) is 53.6 Å². The van der Waals surface area contributed by atoms with Crippen molar-refractivity contribution in [3.8, 4) is 33.4 Å². The molecule has 0 radical (unpaired) electrons. The summed E-state index contributed by atoms with van der Waals surface area (Å²) in [5.74, 6) is 0. The number of furan rings is 2. The Morgan fingerprint density at radius 3 is 1.71 bits per heavy atom. The number of hydrogen-bond donors (Lipinski definition) is 0. The molecule has 0 saturated carbocycles. The standard InChI is InChI=1S/C54H33NO2S/c1-4-14-34(15-5-1)37-24-26-44-50(32-37)58-54-40(36-18-8-3-9-19-36)28-30-45(51(44)54)55(38-25-27-42-41-20-10-12-22-46(41)57-49(42)33-38)53-39(35-16-6-2-7-17-35)29-31-48-52(53)43-21-11-13-23-47(43)56-48/h1-33H. The summed E-state index contributed by atoms with van der Waals surface area (Å²) in [5, 5.41) is 6.75. The van der Waals surface area contributed by atoms with E-state index in [4.69, 9.17) is 8.83 Å². The van der Waals surface area contributed by atoms with Crippen LogP contribution in [0.5, 0.6) is 0 Å². The van der Waals surface area contributed by atoms with E-state index in [2.05, 4.69) is 187 Å². The van der Waals surface area contributed by atoms with Gasteiger partial charge in [0.2, 0.25) is 0 Å². The van der Waals surface area contributed by atoms with Crippen molar-refractivity contribution in [3.05, 3.63) is 200 Å². The highest BCUT2D eigenvalue weighted by Crippen LogP contribution is 2.53. The van der Waals surface area contributed by atoms with E-state index in [-0.39, 0.29) is 0 Å². The number of hydrogen-bond acceptors (Lipinski definition) is 4. The first-order valence-electron chi connectivity index (χ1n) is 19.6. The van der Waals surface area contributed by atoms with E-state index < -0.39 is 0 Å². The molecule has 0 aliphatic heterocycles. The first-order chi connectivity index (χ1) is 28.8. The second kappa shape index (κ2) is 13.1. The zero-order valence-corrected chi connectivity index (χ0v) is 32.0. The Bertz CT molecular complexity index is 3510. The summed E-state index contributed by atoms with van der Waals surface area (Å²) in [5.41, 5.74) is 13.6. The van der Waals surface area contributed by atoms with Crippen LogP contribution in [0.25, 0.3) is 97.4 Å². The number of fused-ring (bicyclic) bond motifs is 9. The molecule has 0 bridgehead atoms. The smallest absolute Gasteiger partial charge is 0.137 e. The van der Waals surface area contributed by atoms with Crippen molar-refractivity contribution in [2.45, 2.75) is 0 Å². The normalized spacial score (nSPS) is 11.8. The molecule has 0 amide bonds. The molecule has 58 heavy (non-hydrogen) atoms. The van der Waals surface area contributed by atoms with Gasteiger partial charge < -0.3 is 13.7 Å². The Morgan fingerprint density at radius 2 is 0.948 bits per heavy atom. The van der Waals surface area contributed by atoms with Crippen molar-refractivity contribution < 1.29 is 8.83 Å². The molecular formula is C54H33NO2S. The molecule has 3 aromatic heterocycles. The van der Waals surface area contributed by atoms with Crippen LogP contribution in [0.4, 0.5) is 17.1 Å². The summed E-state index contributed by atoms with van der Waals surface area (Å²) in [7, 11) is 0. The average Bonchev–Trinajstić information content (AvgIpc) is 3.99. The predicted octanol–water partition coefficient (Wildman–Crippen LogP) is 16.3. The third-order valence-corrected chi connectivity index (χ3v) is 12.7. The molecule has 0 spiro atoms. The summed E-state index contributed by atoms with van der Waals surface area (Å²) in [6.45, 7) is 0. The lowest BCUT2D eigenvalue weighted by atomic mass is 9.95. The van der Waals surface area contributed by atoms with E-state index in [1.165, 1.54) is 42.4 Å². The number of para-hydroxylation sites is 2. The number of nitrogens with zero attached hydrogens (tertiary/aromatic N) is 1. The molecular weight excluding hydrogens is 727 g/mol. The van der Waals surface area contributed by atoms with Crippen molar-refractivity contribution in [3.63, 3.8) is 0 Å². The van der Waals surface area contributed by atoms with Crippen LogP contribution in [0.15, 0.2) is 209 Å². The van der Waals surface area contributed by atoms with Crippen molar-refractivity contribution >= 4 is 92.4 Å². The minimum Gasteiger partial charge on any atom is -0.456 e. The number of benzene rings is 9. The summed E-state index contributed by atoms with van der Waals surface area (Å²) in [6, 6.07) is 71.4. The largest absolute Gasteiger partial charge is 0.456 e. The topological polar surface area (TPSA) is 29.5 Å². The van der Waals surface area contributed by atoms with Gasteiger partial charge in [0.05, 0.1) is 16.8 Å². The van der Waals surface area contributed by atoms with Crippen LogP contribution in [-0.2, 0) is 0 Å². The van der Waals surface area contributed by atoms with Crippen LogP contribution >= 0.6 is 11.3 Å². The van der Waals surface area contributed by atoms with E-state index in [9.17, 15) is 0 Å². The van der Waals surface area contributed by atoms with E-state index in [1.54, 1.807) is 0 Å². The molecule has 9 aromatic carbocycles. The zero-order chi connectivity index (χ0) is 38.2. The van der Waals surface area contributed by atoms with Crippen LogP contribution in [0.2, 0.25) is 0 Å². The van der Waals surface area contributed by atoms with Gasteiger partial charge in [-0.25, -0.2) is 0 Å². The highest BCUT2D eigenvalue weighted by atomic mass is 32.1. The molecule has 4 heteroatoms. The molecule has 3 heterocycles. The van der Waals surface area contributed by atoms with Crippen LogP contribution in [0.1, 0.15) is 0 Å². The van der Waals surface area contributed by atoms with Gasteiger partial charge in [-0.15, -0.1) is 11.3 Å². The molecule has 3 nitrogen and oxygen atoms in total. The first-order valence-corrected chi connectivity index (χ1v) is 20.4. The van der Waals surface area contributed by atoms with Gasteiger partial charge in [0.25, 0.3) is 0 Å². The molecule has 0 fully saturated rings. The number of rotatable bonds is 6. The van der Waals surface area contributed by atoms with E-state index in [1.807, 2.05) is 29.5 Å². The molecule has 0 saturated heterocycles. The Balaban J connectivity index is 1.23. The van der Waals surface area contributed by atoms with Gasteiger partial charge in [-0.2, -0.15) is 0 Å². The molecule has 0 aliphatic carbocycles. The fourth-order valence-corrected chi connectivity index (χ4v) is 10.1. The van der Waals surface area contributed by atoms with Crippen LogP contribution in [0.3, 0.4) is 0 Å². The summed E-state index contributed by atoms with van der Waals surface area (Å²) in [4.78, 5) is 2.47. The Kier molecular flexibility index (Phi) is 7.40. The van der Waals surface area contributed by atoms with Crippen molar-refractivity contribution in [2.75, 3.05) is 4.90 Å². The fraction of sp³-hybridized carbons (Fsp3) is 0. The number of anilines is 3. The molecule has 0 atom stereocenters. The lowest BCUT2D eigenvalue weighted by Gasteiger charge is -2.30. The second-order valence-electron chi connectivity index (χ2n) is 14.8. The highest BCUT2D eigenvalue weighted by Gasteiger charge is 2.27. The SMILES string of the molecule is c1ccc(-c2ccc3c(c2)sc2c(-c4ccccc4)ccc(N(c4ccc5c(c4)oc4ccccc45)c4c(-c5ccccc5)ccc5oc6ccccc6c45)c23)cc1. The monoisotopic (exact) mass is 759 g/mol. The molecule has 0 N–H and O–H groups in total. The van der Waals surface area contributed by atoms with E-state index in [0.717, 1.165) is 72.1 Å². The minimum atomic E-state index is 0.838. The molecule has 272 valence electrons. The Labute approximate surface area is 338 Å². The van der Waals surface area contributed by atoms with Gasteiger partial charge in [0.15, 0.2) is 0 Å². The van der Waals surface area contributed by atoms with E-state index >= 15 is 0 Å². The van der Waals surface area contributed by atoms with Crippen molar-refractivity contribution in [2.24, 2.45) is 0 Å². The maximum absolute atomic E-state index is 6.65. The maximum Gasteiger partial charge on any atom is 0.137 e. The minimum absolute atomic E-state index is 0.838. The molecule has 0 aliphatic rings. The van der Waals surface area contributed by atoms with Gasteiger partial charge in [-0.05, 0) is 76.3 Å². The predicted molar refractivity (Wildman–Crippen MR) is 245 cm³/mol.